The monoisotopic (exact) mass is 275 g/mol. The summed E-state index contributed by atoms with van der Waals surface area (Å²) in [5.74, 6) is -0.981. The van der Waals surface area contributed by atoms with E-state index in [4.69, 9.17) is 5.11 Å². The molecule has 2 aromatic rings. The zero-order chi connectivity index (χ0) is 14.3. The minimum atomic E-state index is -0.981. The summed E-state index contributed by atoms with van der Waals surface area (Å²) in [4.78, 5) is 28.1. The molecular formula is C14H17N3O3. The number of likely N-dealkylation sites (N-methyl/N-ethyl adjacent to an activating group) is 1. The van der Waals surface area contributed by atoms with Crippen molar-refractivity contribution in [2.24, 2.45) is 0 Å². The number of carboxylic acid groups (broad SMARTS) is 1. The molecule has 0 spiro atoms. The average Bonchev–Trinajstić information content (AvgIpc) is 2.94. The van der Waals surface area contributed by atoms with Gasteiger partial charge in [0.25, 0.3) is 0 Å². The molecule has 0 saturated carbocycles. The van der Waals surface area contributed by atoms with E-state index in [0.29, 0.717) is 23.6 Å². The number of nitrogens with zero attached hydrogens (tertiary/aromatic N) is 2. The van der Waals surface area contributed by atoms with Crippen LogP contribution in [0.5, 0.6) is 0 Å². The molecule has 6 nitrogen and oxygen atoms in total. The van der Waals surface area contributed by atoms with Crippen LogP contribution in [0.4, 0.5) is 0 Å². The molecule has 1 aromatic carbocycles. The fraction of sp³-hybridized carbons (Fsp3) is 0.429. The number of H-pyrrole nitrogens is 1. The summed E-state index contributed by atoms with van der Waals surface area (Å²) in [6, 6.07) is 5.05. The van der Waals surface area contributed by atoms with E-state index in [1.54, 1.807) is 16.7 Å². The number of aromatic nitrogens is 2. The molecule has 20 heavy (non-hydrogen) atoms. The SMILES string of the molecule is CN1CCCC1Cn1c(=O)[nH]c2ccc(C(=O)O)cc21. The number of hydrogen-bond acceptors (Lipinski definition) is 3. The van der Waals surface area contributed by atoms with Crippen LogP contribution in [0.3, 0.4) is 0 Å². The van der Waals surface area contributed by atoms with E-state index in [2.05, 4.69) is 16.9 Å². The second-order valence-corrected chi connectivity index (χ2v) is 5.35. The van der Waals surface area contributed by atoms with Gasteiger partial charge in [0.2, 0.25) is 0 Å². The number of carboxylic acids is 1. The van der Waals surface area contributed by atoms with E-state index in [9.17, 15) is 9.59 Å². The van der Waals surface area contributed by atoms with Crippen LogP contribution in [-0.4, -0.2) is 45.2 Å². The van der Waals surface area contributed by atoms with Gasteiger partial charge in [-0.2, -0.15) is 0 Å². The highest BCUT2D eigenvalue weighted by atomic mass is 16.4. The molecule has 1 saturated heterocycles. The fourth-order valence-corrected chi connectivity index (χ4v) is 2.89. The number of carbonyl (C=O) groups is 1. The molecule has 106 valence electrons. The Morgan fingerprint density at radius 2 is 2.30 bits per heavy atom. The van der Waals surface area contributed by atoms with E-state index >= 15 is 0 Å². The molecule has 1 aromatic heterocycles. The van der Waals surface area contributed by atoms with Crippen molar-refractivity contribution < 1.29 is 9.90 Å². The highest BCUT2D eigenvalue weighted by Crippen LogP contribution is 2.19. The van der Waals surface area contributed by atoms with Crippen LogP contribution < -0.4 is 5.69 Å². The molecule has 1 fully saturated rings. The molecule has 0 amide bonds. The lowest BCUT2D eigenvalue weighted by atomic mass is 10.2. The summed E-state index contributed by atoms with van der Waals surface area (Å²) in [5, 5.41) is 9.06. The van der Waals surface area contributed by atoms with Crippen LogP contribution in [-0.2, 0) is 6.54 Å². The average molecular weight is 275 g/mol. The molecule has 6 heteroatoms. The Morgan fingerprint density at radius 3 is 2.95 bits per heavy atom. The van der Waals surface area contributed by atoms with Crippen molar-refractivity contribution in [2.45, 2.75) is 25.4 Å². The van der Waals surface area contributed by atoms with Gasteiger partial charge in [0.05, 0.1) is 16.6 Å². The van der Waals surface area contributed by atoms with Crippen molar-refractivity contribution in [2.75, 3.05) is 13.6 Å². The third-order valence-corrected chi connectivity index (χ3v) is 4.09. The second-order valence-electron chi connectivity index (χ2n) is 5.35. The molecule has 0 aliphatic carbocycles. The van der Waals surface area contributed by atoms with Crippen molar-refractivity contribution in [1.29, 1.82) is 0 Å². The molecule has 1 aliphatic rings. The van der Waals surface area contributed by atoms with Gasteiger partial charge in [-0.3, -0.25) is 4.57 Å². The topological polar surface area (TPSA) is 78.3 Å². The number of nitrogens with one attached hydrogen (secondary N) is 1. The predicted molar refractivity (Wildman–Crippen MR) is 75.2 cm³/mol. The number of likely N-dealkylation sites (tertiary alicyclic amines) is 1. The van der Waals surface area contributed by atoms with E-state index in [0.717, 1.165) is 19.4 Å². The first-order valence-corrected chi connectivity index (χ1v) is 6.72. The molecule has 1 aliphatic heterocycles. The van der Waals surface area contributed by atoms with Crippen LogP contribution >= 0.6 is 0 Å². The maximum atomic E-state index is 12.1. The van der Waals surface area contributed by atoms with Crippen molar-refractivity contribution >= 4 is 17.0 Å². The zero-order valence-corrected chi connectivity index (χ0v) is 11.3. The van der Waals surface area contributed by atoms with Crippen LogP contribution in [0, 0.1) is 0 Å². The fourth-order valence-electron chi connectivity index (χ4n) is 2.89. The lowest BCUT2D eigenvalue weighted by Gasteiger charge is -2.19. The molecule has 0 radical (unpaired) electrons. The van der Waals surface area contributed by atoms with Gasteiger partial charge < -0.3 is 15.0 Å². The quantitative estimate of drug-likeness (QED) is 0.880. The smallest absolute Gasteiger partial charge is 0.335 e. The first kappa shape index (κ1) is 12.9. The number of hydrogen-bond donors (Lipinski definition) is 2. The number of imidazole rings is 1. The van der Waals surface area contributed by atoms with E-state index in [1.807, 2.05) is 0 Å². The summed E-state index contributed by atoms with van der Waals surface area (Å²) >= 11 is 0. The molecule has 2 heterocycles. The standard InChI is InChI=1S/C14H17N3O3/c1-16-6-2-3-10(16)8-17-12-7-9(13(18)19)4-5-11(12)15-14(17)20/h4-5,7,10H,2-3,6,8H2,1H3,(H,15,20)(H,18,19). The van der Waals surface area contributed by atoms with Gasteiger partial charge in [-0.15, -0.1) is 0 Å². The van der Waals surface area contributed by atoms with Crippen LogP contribution in [0.25, 0.3) is 11.0 Å². The normalized spacial score (nSPS) is 19.8. The Balaban J connectivity index is 2.04. The van der Waals surface area contributed by atoms with Crippen LogP contribution in [0.15, 0.2) is 23.0 Å². The van der Waals surface area contributed by atoms with E-state index < -0.39 is 5.97 Å². The number of fused-ring (bicyclic) bond motifs is 1. The molecule has 2 N–H and O–H groups in total. The summed E-state index contributed by atoms with van der Waals surface area (Å²) in [6.07, 6.45) is 2.20. The first-order chi connectivity index (χ1) is 9.56. The highest BCUT2D eigenvalue weighted by molar-refractivity contribution is 5.92. The number of aromatic carboxylic acids is 1. The Bertz CT molecular complexity index is 716. The Labute approximate surface area is 115 Å². The van der Waals surface area contributed by atoms with Gasteiger partial charge in [-0.05, 0) is 44.6 Å². The largest absolute Gasteiger partial charge is 0.478 e. The van der Waals surface area contributed by atoms with Crippen molar-refractivity contribution in [3.8, 4) is 0 Å². The van der Waals surface area contributed by atoms with Gasteiger partial charge in [-0.1, -0.05) is 0 Å². The van der Waals surface area contributed by atoms with E-state index in [1.165, 1.54) is 6.07 Å². The molecule has 3 rings (SSSR count). The summed E-state index contributed by atoms with van der Waals surface area (Å²) in [6.45, 7) is 1.64. The van der Waals surface area contributed by atoms with Crippen molar-refractivity contribution in [1.82, 2.24) is 14.5 Å². The van der Waals surface area contributed by atoms with Crippen molar-refractivity contribution in [3.63, 3.8) is 0 Å². The molecule has 1 unspecified atom stereocenters. The highest BCUT2D eigenvalue weighted by Gasteiger charge is 2.23. The lowest BCUT2D eigenvalue weighted by molar-refractivity contribution is 0.0697. The van der Waals surface area contributed by atoms with Gasteiger partial charge in [0.15, 0.2) is 0 Å². The number of aromatic amines is 1. The first-order valence-electron chi connectivity index (χ1n) is 6.72. The van der Waals surface area contributed by atoms with Gasteiger partial charge in [0, 0.05) is 12.6 Å². The molecule has 1 atom stereocenters. The minimum Gasteiger partial charge on any atom is -0.478 e. The van der Waals surface area contributed by atoms with Gasteiger partial charge >= 0.3 is 11.7 Å². The maximum Gasteiger partial charge on any atom is 0.335 e. The van der Waals surface area contributed by atoms with Gasteiger partial charge in [0.1, 0.15) is 0 Å². The third kappa shape index (κ3) is 2.12. The maximum absolute atomic E-state index is 12.1. The zero-order valence-electron chi connectivity index (χ0n) is 11.3. The number of benzene rings is 1. The second kappa shape index (κ2) is 4.79. The molecular weight excluding hydrogens is 258 g/mol. The van der Waals surface area contributed by atoms with Crippen molar-refractivity contribution in [3.05, 3.63) is 34.2 Å². The minimum absolute atomic E-state index is 0.178. The molecule has 0 bridgehead atoms. The summed E-state index contributed by atoms with van der Waals surface area (Å²) in [5.41, 5.74) is 1.36. The summed E-state index contributed by atoms with van der Waals surface area (Å²) in [7, 11) is 2.06. The lowest BCUT2D eigenvalue weighted by Crippen LogP contribution is -2.32. The van der Waals surface area contributed by atoms with Gasteiger partial charge in [-0.25, -0.2) is 9.59 Å². The Hall–Kier alpha value is -2.08. The third-order valence-electron chi connectivity index (χ3n) is 4.09. The van der Waals surface area contributed by atoms with Crippen LogP contribution in [0.2, 0.25) is 0 Å². The summed E-state index contributed by atoms with van der Waals surface area (Å²) < 4.78 is 1.65. The van der Waals surface area contributed by atoms with E-state index in [-0.39, 0.29) is 11.3 Å². The number of rotatable bonds is 3. The Kier molecular flexibility index (Phi) is 3.10. The Morgan fingerprint density at radius 1 is 1.50 bits per heavy atom. The van der Waals surface area contributed by atoms with Crippen LogP contribution in [0.1, 0.15) is 23.2 Å². The predicted octanol–water partition coefficient (Wildman–Crippen LogP) is 1.12.